The standard InChI is InChI=1S/C21H25N3O4/c1-5-19(25)23-17-10-9-16(28-4)12-18(17)24-21(27)14-7-6-8-15(11-14)22-20(26)13(2)3/h6-13H,5H2,1-4H3,(H,22,26)(H,23,25)(H,24,27). The second-order valence-corrected chi connectivity index (χ2v) is 6.49. The quantitative estimate of drug-likeness (QED) is 0.676. The molecule has 0 aromatic heterocycles. The molecule has 0 aliphatic rings. The van der Waals surface area contributed by atoms with E-state index in [4.69, 9.17) is 4.74 Å². The predicted molar refractivity (Wildman–Crippen MR) is 110 cm³/mol. The van der Waals surface area contributed by atoms with Crippen LogP contribution in [0.2, 0.25) is 0 Å². The van der Waals surface area contributed by atoms with Crippen LogP contribution < -0.4 is 20.7 Å². The van der Waals surface area contributed by atoms with Crippen LogP contribution in [0.3, 0.4) is 0 Å². The summed E-state index contributed by atoms with van der Waals surface area (Å²) in [6.45, 7) is 5.33. The Kier molecular flexibility index (Phi) is 7.14. The zero-order chi connectivity index (χ0) is 20.7. The van der Waals surface area contributed by atoms with Gasteiger partial charge in [0, 0.05) is 29.7 Å². The lowest BCUT2D eigenvalue weighted by molar-refractivity contribution is -0.119. The second kappa shape index (κ2) is 9.55. The van der Waals surface area contributed by atoms with Crippen LogP contribution in [0.25, 0.3) is 0 Å². The molecule has 2 aromatic carbocycles. The highest BCUT2D eigenvalue weighted by atomic mass is 16.5. The number of carbonyl (C=O) groups excluding carboxylic acids is 3. The second-order valence-electron chi connectivity index (χ2n) is 6.49. The van der Waals surface area contributed by atoms with Crippen molar-refractivity contribution in [2.24, 2.45) is 5.92 Å². The molecule has 0 bridgehead atoms. The van der Waals surface area contributed by atoms with Crippen LogP contribution >= 0.6 is 0 Å². The van der Waals surface area contributed by atoms with Gasteiger partial charge >= 0.3 is 0 Å². The molecule has 0 fully saturated rings. The molecular formula is C21H25N3O4. The van der Waals surface area contributed by atoms with Crippen LogP contribution in [0.15, 0.2) is 42.5 Å². The molecule has 0 heterocycles. The molecule has 0 atom stereocenters. The molecule has 0 saturated heterocycles. The Hall–Kier alpha value is -3.35. The molecule has 3 amide bonds. The number of rotatable bonds is 7. The van der Waals surface area contributed by atoms with Gasteiger partial charge < -0.3 is 20.7 Å². The van der Waals surface area contributed by atoms with E-state index in [0.29, 0.717) is 34.8 Å². The van der Waals surface area contributed by atoms with Gasteiger partial charge in [0.1, 0.15) is 5.75 Å². The minimum absolute atomic E-state index is 0.130. The van der Waals surface area contributed by atoms with E-state index in [9.17, 15) is 14.4 Å². The highest BCUT2D eigenvalue weighted by Crippen LogP contribution is 2.28. The largest absolute Gasteiger partial charge is 0.497 e. The minimum Gasteiger partial charge on any atom is -0.497 e. The van der Waals surface area contributed by atoms with Crippen LogP contribution in [0, 0.1) is 5.92 Å². The van der Waals surface area contributed by atoms with E-state index in [2.05, 4.69) is 16.0 Å². The van der Waals surface area contributed by atoms with Crippen LogP contribution in [0.1, 0.15) is 37.6 Å². The summed E-state index contributed by atoms with van der Waals surface area (Å²) in [5.41, 5.74) is 1.81. The molecule has 2 aromatic rings. The number of amides is 3. The molecule has 0 saturated carbocycles. The van der Waals surface area contributed by atoms with Gasteiger partial charge in [0.05, 0.1) is 18.5 Å². The zero-order valence-corrected chi connectivity index (χ0v) is 16.5. The molecule has 148 valence electrons. The van der Waals surface area contributed by atoms with Gasteiger partial charge in [0.25, 0.3) is 5.91 Å². The maximum absolute atomic E-state index is 12.7. The molecule has 7 heteroatoms. The summed E-state index contributed by atoms with van der Waals surface area (Å²) < 4.78 is 5.20. The lowest BCUT2D eigenvalue weighted by Crippen LogP contribution is -2.19. The van der Waals surface area contributed by atoms with Crippen molar-refractivity contribution < 1.29 is 19.1 Å². The highest BCUT2D eigenvalue weighted by molar-refractivity contribution is 6.08. The fourth-order valence-corrected chi connectivity index (χ4v) is 2.32. The maximum Gasteiger partial charge on any atom is 0.255 e. The van der Waals surface area contributed by atoms with Crippen molar-refractivity contribution >= 4 is 34.8 Å². The SMILES string of the molecule is CCC(=O)Nc1ccc(OC)cc1NC(=O)c1cccc(NC(=O)C(C)C)c1. The van der Waals surface area contributed by atoms with E-state index in [0.717, 1.165) is 0 Å². The van der Waals surface area contributed by atoms with E-state index in [1.54, 1.807) is 63.2 Å². The predicted octanol–water partition coefficient (Wildman–Crippen LogP) is 3.89. The van der Waals surface area contributed by atoms with Gasteiger partial charge in [-0.1, -0.05) is 26.8 Å². The molecule has 0 spiro atoms. The number of nitrogens with one attached hydrogen (secondary N) is 3. The summed E-state index contributed by atoms with van der Waals surface area (Å²) >= 11 is 0. The molecule has 7 nitrogen and oxygen atoms in total. The number of methoxy groups -OCH3 is 1. The van der Waals surface area contributed by atoms with Crippen molar-refractivity contribution in [2.75, 3.05) is 23.1 Å². The number of hydrogen-bond acceptors (Lipinski definition) is 4. The molecule has 0 radical (unpaired) electrons. The monoisotopic (exact) mass is 383 g/mol. The van der Waals surface area contributed by atoms with E-state index >= 15 is 0 Å². The first-order valence-corrected chi connectivity index (χ1v) is 9.04. The smallest absolute Gasteiger partial charge is 0.255 e. The van der Waals surface area contributed by atoms with Crippen molar-refractivity contribution in [1.82, 2.24) is 0 Å². The maximum atomic E-state index is 12.7. The van der Waals surface area contributed by atoms with Gasteiger partial charge in [-0.2, -0.15) is 0 Å². The number of carbonyl (C=O) groups is 3. The van der Waals surface area contributed by atoms with Gasteiger partial charge in [-0.25, -0.2) is 0 Å². The van der Waals surface area contributed by atoms with E-state index in [-0.39, 0.29) is 23.6 Å². The van der Waals surface area contributed by atoms with Crippen molar-refractivity contribution in [3.63, 3.8) is 0 Å². The summed E-state index contributed by atoms with van der Waals surface area (Å²) in [4.78, 5) is 36.3. The van der Waals surface area contributed by atoms with Crippen LogP contribution in [0.5, 0.6) is 5.75 Å². The van der Waals surface area contributed by atoms with Crippen LogP contribution in [-0.4, -0.2) is 24.8 Å². The van der Waals surface area contributed by atoms with Crippen molar-refractivity contribution in [3.05, 3.63) is 48.0 Å². The lowest BCUT2D eigenvalue weighted by atomic mass is 10.1. The average Bonchev–Trinajstić information content (AvgIpc) is 2.69. The third-order valence-electron chi connectivity index (χ3n) is 3.99. The van der Waals surface area contributed by atoms with E-state index in [1.807, 2.05) is 0 Å². The van der Waals surface area contributed by atoms with Crippen molar-refractivity contribution in [1.29, 1.82) is 0 Å². The number of hydrogen-bond donors (Lipinski definition) is 3. The Morgan fingerprint density at radius 2 is 1.71 bits per heavy atom. The summed E-state index contributed by atoms with van der Waals surface area (Å²) in [7, 11) is 1.52. The Morgan fingerprint density at radius 1 is 0.964 bits per heavy atom. The Labute approximate surface area is 164 Å². The van der Waals surface area contributed by atoms with E-state index < -0.39 is 0 Å². The summed E-state index contributed by atoms with van der Waals surface area (Å²) in [5, 5.41) is 8.31. The molecular weight excluding hydrogens is 358 g/mol. The normalized spacial score (nSPS) is 10.3. The molecule has 0 aliphatic carbocycles. The Bertz CT molecular complexity index is 878. The van der Waals surface area contributed by atoms with Crippen molar-refractivity contribution in [3.8, 4) is 5.75 Å². The number of anilines is 3. The topological polar surface area (TPSA) is 96.5 Å². The first-order chi connectivity index (χ1) is 13.3. The van der Waals surface area contributed by atoms with Gasteiger partial charge in [-0.05, 0) is 30.3 Å². The van der Waals surface area contributed by atoms with Crippen LogP contribution in [0.4, 0.5) is 17.1 Å². The fourth-order valence-electron chi connectivity index (χ4n) is 2.32. The lowest BCUT2D eigenvalue weighted by Gasteiger charge is -2.14. The summed E-state index contributed by atoms with van der Waals surface area (Å²) in [6.07, 6.45) is 0.316. The summed E-state index contributed by atoms with van der Waals surface area (Å²) in [6, 6.07) is 11.6. The van der Waals surface area contributed by atoms with Crippen LogP contribution in [-0.2, 0) is 9.59 Å². The molecule has 0 unspecified atom stereocenters. The first kappa shape index (κ1) is 21.0. The van der Waals surface area contributed by atoms with Gasteiger partial charge in [0.15, 0.2) is 0 Å². The minimum atomic E-state index is -0.374. The third kappa shape index (κ3) is 5.57. The van der Waals surface area contributed by atoms with Gasteiger partial charge in [-0.3, -0.25) is 14.4 Å². The number of benzene rings is 2. The van der Waals surface area contributed by atoms with Gasteiger partial charge in [-0.15, -0.1) is 0 Å². The average molecular weight is 383 g/mol. The molecule has 28 heavy (non-hydrogen) atoms. The number of ether oxygens (including phenoxy) is 1. The van der Waals surface area contributed by atoms with Gasteiger partial charge in [0.2, 0.25) is 11.8 Å². The summed E-state index contributed by atoms with van der Waals surface area (Å²) in [5.74, 6) is -0.295. The fraction of sp³-hybridized carbons (Fsp3) is 0.286. The molecule has 3 N–H and O–H groups in total. The zero-order valence-electron chi connectivity index (χ0n) is 16.5. The molecule has 2 rings (SSSR count). The third-order valence-corrected chi connectivity index (χ3v) is 3.99. The Balaban J connectivity index is 2.24. The molecule has 0 aliphatic heterocycles. The van der Waals surface area contributed by atoms with E-state index in [1.165, 1.54) is 7.11 Å². The first-order valence-electron chi connectivity index (χ1n) is 9.04. The van der Waals surface area contributed by atoms with Crippen molar-refractivity contribution in [2.45, 2.75) is 27.2 Å². The Morgan fingerprint density at radius 3 is 2.36 bits per heavy atom. The highest BCUT2D eigenvalue weighted by Gasteiger charge is 2.14.